The molecule has 0 spiro atoms. The number of amides is 1. The standard InChI is InChI=1S/C20H23N5O2/c1-13-9-14(2)21-18(10-13)23-20(27)19-22-16(12-24-8-6-15(26)11-24)17-5-3-4-7-25(17)19/h3-5,7,9-10,15,26H,6,8,11-12H2,1-2H3,(H,21,23,27)/p+1. The topological polar surface area (TPSA) is 84.0 Å². The molecule has 3 aromatic rings. The number of imidazole rings is 1. The second kappa shape index (κ2) is 7.09. The van der Waals surface area contributed by atoms with Crippen LogP contribution < -0.4 is 10.2 Å². The van der Waals surface area contributed by atoms with E-state index in [2.05, 4.69) is 15.3 Å². The summed E-state index contributed by atoms with van der Waals surface area (Å²) in [5.41, 5.74) is 3.70. The van der Waals surface area contributed by atoms with Crippen LogP contribution in [0.1, 0.15) is 34.0 Å². The second-order valence-electron chi connectivity index (χ2n) is 7.29. The summed E-state index contributed by atoms with van der Waals surface area (Å²) in [6.07, 6.45) is 2.42. The Kier molecular flexibility index (Phi) is 4.63. The Morgan fingerprint density at radius 1 is 1.33 bits per heavy atom. The van der Waals surface area contributed by atoms with E-state index in [0.717, 1.165) is 42.0 Å². The van der Waals surface area contributed by atoms with Gasteiger partial charge in [-0.05, 0) is 43.7 Å². The maximum atomic E-state index is 12.9. The summed E-state index contributed by atoms with van der Waals surface area (Å²) < 4.78 is 1.82. The predicted octanol–water partition coefficient (Wildman–Crippen LogP) is 0.748. The van der Waals surface area contributed by atoms with Gasteiger partial charge >= 0.3 is 0 Å². The zero-order valence-electron chi connectivity index (χ0n) is 15.6. The summed E-state index contributed by atoms with van der Waals surface area (Å²) in [7, 11) is 0. The molecular weight excluding hydrogens is 342 g/mol. The number of hydrogen-bond donors (Lipinski definition) is 3. The van der Waals surface area contributed by atoms with Gasteiger partial charge in [0, 0.05) is 18.3 Å². The number of rotatable bonds is 4. The first-order chi connectivity index (χ1) is 13.0. The molecule has 1 aliphatic rings. The third-order valence-electron chi connectivity index (χ3n) is 4.94. The van der Waals surface area contributed by atoms with Crippen LogP contribution in [0.25, 0.3) is 5.52 Å². The van der Waals surface area contributed by atoms with Gasteiger partial charge in [0.05, 0.1) is 12.1 Å². The third kappa shape index (κ3) is 3.70. The molecule has 0 bridgehead atoms. The van der Waals surface area contributed by atoms with Crippen molar-refractivity contribution in [2.24, 2.45) is 0 Å². The van der Waals surface area contributed by atoms with Crippen molar-refractivity contribution < 1.29 is 14.8 Å². The van der Waals surface area contributed by atoms with E-state index in [1.165, 1.54) is 4.90 Å². The van der Waals surface area contributed by atoms with Crippen molar-refractivity contribution in [1.29, 1.82) is 0 Å². The fourth-order valence-electron chi connectivity index (χ4n) is 3.78. The van der Waals surface area contributed by atoms with Gasteiger partial charge in [0.25, 0.3) is 5.91 Å². The number of quaternary nitrogens is 1. The fourth-order valence-corrected chi connectivity index (χ4v) is 3.78. The highest BCUT2D eigenvalue weighted by molar-refractivity contribution is 6.02. The van der Waals surface area contributed by atoms with Gasteiger partial charge in [-0.15, -0.1) is 0 Å². The molecule has 1 fully saturated rings. The first-order valence-electron chi connectivity index (χ1n) is 9.24. The number of pyridine rings is 2. The van der Waals surface area contributed by atoms with Crippen molar-refractivity contribution in [2.45, 2.75) is 32.9 Å². The van der Waals surface area contributed by atoms with Crippen LogP contribution in [0.4, 0.5) is 5.82 Å². The quantitative estimate of drug-likeness (QED) is 0.636. The van der Waals surface area contributed by atoms with Crippen LogP contribution in [0.2, 0.25) is 0 Å². The van der Waals surface area contributed by atoms with E-state index in [1.54, 1.807) is 0 Å². The average Bonchev–Trinajstić information content (AvgIpc) is 3.18. The lowest BCUT2D eigenvalue weighted by atomic mass is 10.2. The summed E-state index contributed by atoms with van der Waals surface area (Å²) in [4.78, 5) is 23.2. The molecular formula is C20H24N5O2+. The zero-order valence-corrected chi connectivity index (χ0v) is 15.6. The molecule has 3 N–H and O–H groups in total. The summed E-state index contributed by atoms with van der Waals surface area (Å²) in [5.74, 6) is 0.595. The van der Waals surface area contributed by atoms with Gasteiger partial charge in [0.2, 0.25) is 5.82 Å². The number of carbonyl (C=O) groups excluding carboxylic acids is 1. The molecule has 0 aromatic carbocycles. The van der Waals surface area contributed by atoms with Gasteiger partial charge in [-0.3, -0.25) is 9.20 Å². The highest BCUT2D eigenvalue weighted by Crippen LogP contribution is 2.15. The van der Waals surface area contributed by atoms with Crippen LogP contribution in [-0.4, -0.2) is 44.6 Å². The molecule has 1 saturated heterocycles. The van der Waals surface area contributed by atoms with Crippen LogP contribution >= 0.6 is 0 Å². The van der Waals surface area contributed by atoms with Gasteiger partial charge in [-0.1, -0.05) is 6.07 Å². The molecule has 4 rings (SSSR count). The normalized spacial score (nSPS) is 19.5. The number of aliphatic hydroxyl groups is 1. The molecule has 0 radical (unpaired) electrons. The molecule has 1 aliphatic heterocycles. The van der Waals surface area contributed by atoms with Crippen LogP contribution in [0.15, 0.2) is 36.5 Å². The predicted molar refractivity (Wildman–Crippen MR) is 102 cm³/mol. The fraction of sp³-hybridized carbons (Fsp3) is 0.350. The van der Waals surface area contributed by atoms with E-state index >= 15 is 0 Å². The summed E-state index contributed by atoms with van der Waals surface area (Å²) in [6.45, 7) is 6.21. The molecule has 3 aromatic heterocycles. The first kappa shape index (κ1) is 17.6. The Morgan fingerprint density at radius 2 is 2.19 bits per heavy atom. The Labute approximate surface area is 157 Å². The number of aliphatic hydroxyl groups excluding tert-OH is 1. The molecule has 27 heavy (non-hydrogen) atoms. The Bertz CT molecular complexity index is 977. The Morgan fingerprint density at radius 3 is 2.93 bits per heavy atom. The number of hydrogen-bond acceptors (Lipinski definition) is 4. The number of fused-ring (bicyclic) bond motifs is 1. The number of aromatic nitrogens is 3. The number of aryl methyl sites for hydroxylation is 2. The van der Waals surface area contributed by atoms with E-state index < -0.39 is 0 Å². The molecule has 0 saturated carbocycles. The monoisotopic (exact) mass is 366 g/mol. The van der Waals surface area contributed by atoms with E-state index in [0.29, 0.717) is 18.2 Å². The zero-order chi connectivity index (χ0) is 19.0. The molecule has 1 amide bonds. The van der Waals surface area contributed by atoms with E-state index in [4.69, 9.17) is 0 Å². The van der Waals surface area contributed by atoms with Crippen LogP contribution in [-0.2, 0) is 6.54 Å². The molecule has 7 nitrogen and oxygen atoms in total. The molecule has 7 heteroatoms. The second-order valence-corrected chi connectivity index (χ2v) is 7.29. The van der Waals surface area contributed by atoms with E-state index in [1.807, 2.05) is 54.8 Å². The van der Waals surface area contributed by atoms with E-state index in [-0.39, 0.29) is 12.0 Å². The minimum absolute atomic E-state index is 0.243. The van der Waals surface area contributed by atoms with Crippen LogP contribution in [0.5, 0.6) is 0 Å². The van der Waals surface area contributed by atoms with E-state index in [9.17, 15) is 9.90 Å². The number of likely N-dealkylation sites (tertiary alicyclic amines) is 1. The van der Waals surface area contributed by atoms with Crippen LogP contribution in [0, 0.1) is 13.8 Å². The summed E-state index contributed by atoms with van der Waals surface area (Å²) >= 11 is 0. The smallest absolute Gasteiger partial charge is 0.293 e. The van der Waals surface area contributed by atoms with Crippen molar-refractivity contribution in [3.8, 4) is 0 Å². The lowest BCUT2D eigenvalue weighted by molar-refractivity contribution is -0.902. The lowest BCUT2D eigenvalue weighted by Gasteiger charge is -2.10. The Hall–Kier alpha value is -2.77. The highest BCUT2D eigenvalue weighted by Gasteiger charge is 2.27. The van der Waals surface area contributed by atoms with Crippen molar-refractivity contribution >= 4 is 17.2 Å². The van der Waals surface area contributed by atoms with Gasteiger partial charge in [0.15, 0.2) is 0 Å². The number of nitrogens with zero attached hydrogens (tertiary/aromatic N) is 3. The number of anilines is 1. The van der Waals surface area contributed by atoms with Crippen molar-refractivity contribution in [3.05, 3.63) is 59.3 Å². The van der Waals surface area contributed by atoms with Gasteiger partial charge in [-0.25, -0.2) is 9.97 Å². The molecule has 4 heterocycles. The average molecular weight is 366 g/mol. The van der Waals surface area contributed by atoms with Crippen molar-refractivity contribution in [3.63, 3.8) is 0 Å². The highest BCUT2D eigenvalue weighted by atomic mass is 16.3. The third-order valence-corrected chi connectivity index (χ3v) is 4.94. The molecule has 140 valence electrons. The van der Waals surface area contributed by atoms with Gasteiger partial charge in [0.1, 0.15) is 30.7 Å². The number of carbonyl (C=O) groups is 1. The SMILES string of the molecule is Cc1cc(C)nc(NC(=O)c2nc(C[NH+]3CCC(O)C3)c3ccccn23)c1. The maximum Gasteiger partial charge on any atom is 0.293 e. The van der Waals surface area contributed by atoms with Crippen molar-refractivity contribution in [2.75, 3.05) is 18.4 Å². The largest absolute Gasteiger partial charge is 0.387 e. The number of nitrogens with one attached hydrogen (secondary N) is 2. The molecule has 0 aliphatic carbocycles. The molecule has 2 atom stereocenters. The molecule has 2 unspecified atom stereocenters. The first-order valence-corrected chi connectivity index (χ1v) is 9.24. The maximum absolute atomic E-state index is 12.9. The van der Waals surface area contributed by atoms with Gasteiger partial charge in [-0.2, -0.15) is 0 Å². The van der Waals surface area contributed by atoms with Crippen molar-refractivity contribution in [1.82, 2.24) is 14.4 Å². The lowest BCUT2D eigenvalue weighted by Crippen LogP contribution is -3.09. The minimum Gasteiger partial charge on any atom is -0.387 e. The minimum atomic E-state index is -0.281. The Balaban J connectivity index is 1.64. The summed E-state index contributed by atoms with van der Waals surface area (Å²) in [6, 6.07) is 9.61. The summed E-state index contributed by atoms with van der Waals surface area (Å²) in [5, 5.41) is 12.6. The van der Waals surface area contributed by atoms with Crippen LogP contribution in [0.3, 0.4) is 0 Å². The van der Waals surface area contributed by atoms with Gasteiger partial charge < -0.3 is 15.3 Å².